The molecule has 1 amide bonds. The molecule has 4 rings (SSSR count). The van der Waals surface area contributed by atoms with Crippen LogP contribution >= 0.6 is 0 Å². The third-order valence-electron chi connectivity index (χ3n) is 5.11. The Balaban J connectivity index is 1.40. The van der Waals surface area contributed by atoms with Crippen molar-refractivity contribution in [2.75, 3.05) is 13.1 Å². The lowest BCUT2D eigenvalue weighted by Crippen LogP contribution is -2.27. The molecule has 2 heterocycles. The van der Waals surface area contributed by atoms with Gasteiger partial charge in [-0.3, -0.25) is 4.79 Å². The van der Waals surface area contributed by atoms with Crippen molar-refractivity contribution in [3.05, 3.63) is 71.1 Å². The zero-order chi connectivity index (χ0) is 18.8. The minimum atomic E-state index is -0.0257. The maximum absolute atomic E-state index is 12.4. The van der Waals surface area contributed by atoms with Crippen LogP contribution in [-0.4, -0.2) is 34.0 Å². The monoisotopic (exact) mass is 361 g/mol. The lowest BCUT2D eigenvalue weighted by Gasteiger charge is -2.15. The van der Waals surface area contributed by atoms with Crippen molar-refractivity contribution in [3.8, 4) is 11.4 Å². The quantitative estimate of drug-likeness (QED) is 0.691. The summed E-state index contributed by atoms with van der Waals surface area (Å²) in [6.07, 6.45) is 1.29. The molecule has 3 aromatic rings. The minimum Gasteiger partial charge on any atom is -0.342 e. The van der Waals surface area contributed by atoms with Crippen molar-refractivity contribution >= 4 is 5.91 Å². The van der Waals surface area contributed by atoms with Gasteiger partial charge in [0.25, 0.3) is 0 Å². The van der Waals surface area contributed by atoms with Gasteiger partial charge in [0, 0.05) is 25.1 Å². The SMILES string of the molecule is Cc1ccc(CCN2CC(c3nc(-c4ccc(C)cc4)no3)CC2=O)cc1. The number of aromatic nitrogens is 2. The fraction of sp³-hybridized carbons (Fsp3) is 0.318. The molecule has 0 radical (unpaired) electrons. The number of benzene rings is 2. The smallest absolute Gasteiger partial charge is 0.232 e. The summed E-state index contributed by atoms with van der Waals surface area (Å²) in [7, 11) is 0. The molecule has 5 heteroatoms. The number of carbonyl (C=O) groups excluding carboxylic acids is 1. The van der Waals surface area contributed by atoms with E-state index >= 15 is 0 Å². The van der Waals surface area contributed by atoms with Crippen molar-refractivity contribution in [2.45, 2.75) is 32.6 Å². The van der Waals surface area contributed by atoms with Gasteiger partial charge in [-0.1, -0.05) is 64.8 Å². The molecule has 0 spiro atoms. The summed E-state index contributed by atoms with van der Waals surface area (Å²) < 4.78 is 5.47. The fourth-order valence-corrected chi connectivity index (χ4v) is 3.39. The van der Waals surface area contributed by atoms with Crippen molar-refractivity contribution in [2.24, 2.45) is 0 Å². The van der Waals surface area contributed by atoms with Gasteiger partial charge in [-0.2, -0.15) is 4.98 Å². The van der Waals surface area contributed by atoms with E-state index in [-0.39, 0.29) is 11.8 Å². The molecule has 1 aliphatic heterocycles. The van der Waals surface area contributed by atoms with Crippen molar-refractivity contribution in [3.63, 3.8) is 0 Å². The second kappa shape index (κ2) is 7.35. The number of rotatable bonds is 5. The van der Waals surface area contributed by atoms with Gasteiger partial charge in [-0.25, -0.2) is 0 Å². The molecule has 2 aromatic carbocycles. The van der Waals surface area contributed by atoms with Gasteiger partial charge in [-0.15, -0.1) is 0 Å². The van der Waals surface area contributed by atoms with Crippen molar-refractivity contribution in [1.82, 2.24) is 15.0 Å². The Bertz CT molecular complexity index is 929. The van der Waals surface area contributed by atoms with Crippen LogP contribution in [0, 0.1) is 13.8 Å². The Morgan fingerprint density at radius 3 is 2.41 bits per heavy atom. The topological polar surface area (TPSA) is 59.2 Å². The summed E-state index contributed by atoms with van der Waals surface area (Å²) in [5.74, 6) is 1.26. The van der Waals surface area contributed by atoms with Gasteiger partial charge in [0.15, 0.2) is 0 Å². The molecule has 0 saturated carbocycles. The normalized spacial score (nSPS) is 16.9. The molecule has 1 atom stereocenters. The Morgan fingerprint density at radius 2 is 1.70 bits per heavy atom. The number of carbonyl (C=O) groups is 1. The van der Waals surface area contributed by atoms with Crippen LogP contribution in [0.5, 0.6) is 0 Å². The van der Waals surface area contributed by atoms with Crippen molar-refractivity contribution in [1.29, 1.82) is 0 Å². The van der Waals surface area contributed by atoms with E-state index in [1.54, 1.807) is 0 Å². The summed E-state index contributed by atoms with van der Waals surface area (Å²) in [6, 6.07) is 16.5. The van der Waals surface area contributed by atoms with Crippen LogP contribution in [0.25, 0.3) is 11.4 Å². The summed E-state index contributed by atoms with van der Waals surface area (Å²) in [4.78, 5) is 18.8. The van der Waals surface area contributed by atoms with Crippen LogP contribution in [0.4, 0.5) is 0 Å². The third-order valence-corrected chi connectivity index (χ3v) is 5.11. The molecule has 0 N–H and O–H groups in total. The first-order chi connectivity index (χ1) is 13.1. The van der Waals surface area contributed by atoms with Crippen molar-refractivity contribution < 1.29 is 9.32 Å². The first-order valence-corrected chi connectivity index (χ1v) is 9.32. The number of hydrogen-bond acceptors (Lipinski definition) is 4. The van der Waals surface area contributed by atoms with Crippen LogP contribution < -0.4 is 0 Å². The lowest BCUT2D eigenvalue weighted by molar-refractivity contribution is -0.127. The second-order valence-electron chi connectivity index (χ2n) is 7.30. The Labute approximate surface area is 159 Å². The molecule has 5 nitrogen and oxygen atoms in total. The summed E-state index contributed by atoms with van der Waals surface area (Å²) in [6.45, 7) is 5.48. The Hall–Kier alpha value is -2.95. The van der Waals surface area contributed by atoms with E-state index in [0.29, 0.717) is 24.7 Å². The maximum Gasteiger partial charge on any atom is 0.232 e. The largest absolute Gasteiger partial charge is 0.342 e. The van der Waals surface area contributed by atoms with Crippen LogP contribution in [0.15, 0.2) is 53.1 Å². The first kappa shape index (κ1) is 17.5. The van der Waals surface area contributed by atoms with Gasteiger partial charge in [0.2, 0.25) is 17.6 Å². The standard InChI is InChI=1S/C22H23N3O2/c1-15-3-7-17(8-4-15)11-12-25-14-19(13-20(25)26)22-23-21(24-27-22)18-9-5-16(2)6-10-18/h3-10,19H,11-14H2,1-2H3. The molecule has 0 aliphatic carbocycles. The average molecular weight is 361 g/mol. The summed E-state index contributed by atoms with van der Waals surface area (Å²) in [5, 5.41) is 4.10. The highest BCUT2D eigenvalue weighted by atomic mass is 16.5. The van der Waals surface area contributed by atoms with E-state index in [4.69, 9.17) is 4.52 Å². The highest BCUT2D eigenvalue weighted by molar-refractivity contribution is 5.79. The highest BCUT2D eigenvalue weighted by Crippen LogP contribution is 2.28. The molecule has 138 valence electrons. The molecule has 1 saturated heterocycles. The molecule has 0 bridgehead atoms. The zero-order valence-electron chi connectivity index (χ0n) is 15.7. The van der Waals surface area contributed by atoms with Gasteiger partial charge in [0.05, 0.1) is 5.92 Å². The molecule has 1 aromatic heterocycles. The number of likely N-dealkylation sites (tertiary alicyclic amines) is 1. The summed E-state index contributed by atoms with van der Waals surface area (Å²) >= 11 is 0. The van der Waals surface area contributed by atoms with E-state index in [0.717, 1.165) is 18.5 Å². The number of nitrogens with zero attached hydrogens (tertiary/aromatic N) is 3. The molecular weight excluding hydrogens is 338 g/mol. The van der Waals surface area contributed by atoms with Crippen LogP contribution in [0.1, 0.15) is 34.9 Å². The van der Waals surface area contributed by atoms with Crippen LogP contribution in [0.2, 0.25) is 0 Å². The van der Waals surface area contributed by atoms with E-state index in [2.05, 4.69) is 41.3 Å². The molecule has 1 unspecified atom stereocenters. The number of aryl methyl sites for hydroxylation is 2. The van der Waals surface area contributed by atoms with Gasteiger partial charge in [-0.05, 0) is 25.8 Å². The molecule has 1 aliphatic rings. The molecule has 27 heavy (non-hydrogen) atoms. The second-order valence-corrected chi connectivity index (χ2v) is 7.30. The third kappa shape index (κ3) is 3.92. The predicted molar refractivity (Wildman–Crippen MR) is 103 cm³/mol. The van der Waals surface area contributed by atoms with Crippen LogP contribution in [-0.2, 0) is 11.2 Å². The zero-order valence-corrected chi connectivity index (χ0v) is 15.7. The van der Waals surface area contributed by atoms with E-state index in [1.807, 2.05) is 36.1 Å². The van der Waals surface area contributed by atoms with E-state index < -0.39 is 0 Å². The van der Waals surface area contributed by atoms with Gasteiger partial charge < -0.3 is 9.42 Å². The first-order valence-electron chi connectivity index (χ1n) is 9.32. The number of amides is 1. The fourth-order valence-electron chi connectivity index (χ4n) is 3.39. The summed E-state index contributed by atoms with van der Waals surface area (Å²) in [5.41, 5.74) is 4.61. The number of hydrogen-bond donors (Lipinski definition) is 0. The van der Waals surface area contributed by atoms with Crippen LogP contribution in [0.3, 0.4) is 0 Å². The molecular formula is C22H23N3O2. The van der Waals surface area contributed by atoms with E-state index in [9.17, 15) is 4.79 Å². The predicted octanol–water partition coefficient (Wildman–Crippen LogP) is 3.91. The average Bonchev–Trinajstić information content (AvgIpc) is 3.29. The lowest BCUT2D eigenvalue weighted by atomic mass is 10.1. The van der Waals surface area contributed by atoms with Gasteiger partial charge >= 0.3 is 0 Å². The van der Waals surface area contributed by atoms with Gasteiger partial charge in [0.1, 0.15) is 0 Å². The van der Waals surface area contributed by atoms with E-state index in [1.165, 1.54) is 16.7 Å². The molecule has 1 fully saturated rings. The Kier molecular flexibility index (Phi) is 4.75. The highest BCUT2D eigenvalue weighted by Gasteiger charge is 2.34. The minimum absolute atomic E-state index is 0.0257. The Morgan fingerprint density at radius 1 is 1.04 bits per heavy atom. The maximum atomic E-state index is 12.4.